The minimum Gasteiger partial charge on any atom is -0.372 e. The third-order valence-electron chi connectivity index (χ3n) is 2.75. The normalized spacial score (nSPS) is 11.9. The van der Waals surface area contributed by atoms with Crippen molar-refractivity contribution in [1.29, 1.82) is 5.26 Å². The molecule has 16 heavy (non-hydrogen) atoms. The number of aryl methyl sites for hydroxylation is 1. The number of anilines is 1. The van der Waals surface area contributed by atoms with Gasteiger partial charge in [0, 0.05) is 19.3 Å². The summed E-state index contributed by atoms with van der Waals surface area (Å²) in [4.78, 5) is 2.09. The zero-order valence-electron chi connectivity index (χ0n) is 10.2. The van der Waals surface area contributed by atoms with Gasteiger partial charge in [0.05, 0.1) is 6.07 Å². The van der Waals surface area contributed by atoms with Crippen molar-refractivity contribution in [3.63, 3.8) is 0 Å². The minimum atomic E-state index is -0.129. The molecular weight excluding hydrogens is 198 g/mol. The Labute approximate surface area is 97.7 Å². The second-order valence-electron chi connectivity index (χ2n) is 3.87. The van der Waals surface area contributed by atoms with E-state index in [9.17, 15) is 0 Å². The van der Waals surface area contributed by atoms with Crippen LogP contribution in [0.1, 0.15) is 12.5 Å². The second kappa shape index (κ2) is 6.14. The van der Waals surface area contributed by atoms with E-state index in [-0.39, 0.29) is 6.04 Å². The zero-order chi connectivity index (χ0) is 12.0. The molecule has 0 aliphatic heterocycles. The molecular formula is C13H19N3. The van der Waals surface area contributed by atoms with E-state index in [1.807, 2.05) is 14.1 Å². The topological polar surface area (TPSA) is 39.1 Å². The molecule has 0 aliphatic carbocycles. The number of benzene rings is 1. The van der Waals surface area contributed by atoms with E-state index >= 15 is 0 Å². The van der Waals surface area contributed by atoms with Crippen LogP contribution in [-0.2, 0) is 6.42 Å². The van der Waals surface area contributed by atoms with E-state index in [1.54, 1.807) is 0 Å². The molecule has 0 saturated carbocycles. The van der Waals surface area contributed by atoms with Crippen LogP contribution >= 0.6 is 0 Å². The molecule has 1 atom stereocenters. The van der Waals surface area contributed by atoms with Crippen LogP contribution in [0.15, 0.2) is 24.3 Å². The van der Waals surface area contributed by atoms with E-state index in [0.717, 1.165) is 12.1 Å². The Bertz CT molecular complexity index is 350. The van der Waals surface area contributed by atoms with Gasteiger partial charge in [-0.3, -0.25) is 0 Å². The Hall–Kier alpha value is -1.53. The summed E-state index contributed by atoms with van der Waals surface area (Å²) in [5.41, 5.74) is 2.48. The smallest absolute Gasteiger partial charge is 0.113 e. The molecule has 86 valence electrons. The van der Waals surface area contributed by atoms with Crippen molar-refractivity contribution in [2.45, 2.75) is 19.4 Å². The van der Waals surface area contributed by atoms with Crippen LogP contribution in [0.5, 0.6) is 0 Å². The molecule has 1 aromatic carbocycles. The van der Waals surface area contributed by atoms with Crippen molar-refractivity contribution in [1.82, 2.24) is 5.32 Å². The highest BCUT2D eigenvalue weighted by atomic mass is 15.1. The standard InChI is InChI=1S/C13H19N3/c1-4-11-5-7-13(8-6-11)16(3)10-12(9-14)15-2/h5-8,12,15H,4,10H2,1-3H3. The Balaban J connectivity index is 2.65. The van der Waals surface area contributed by atoms with Crippen molar-refractivity contribution in [3.05, 3.63) is 29.8 Å². The molecule has 1 aromatic rings. The van der Waals surface area contributed by atoms with Crippen LogP contribution in [0.2, 0.25) is 0 Å². The molecule has 3 heteroatoms. The number of likely N-dealkylation sites (N-methyl/N-ethyl adjacent to an activating group) is 2. The minimum absolute atomic E-state index is 0.129. The van der Waals surface area contributed by atoms with Crippen molar-refractivity contribution in [2.24, 2.45) is 0 Å². The number of hydrogen-bond acceptors (Lipinski definition) is 3. The van der Waals surface area contributed by atoms with Gasteiger partial charge in [0.15, 0.2) is 0 Å². The average Bonchev–Trinajstić information content (AvgIpc) is 2.35. The highest BCUT2D eigenvalue weighted by Crippen LogP contribution is 2.14. The number of rotatable bonds is 5. The maximum Gasteiger partial charge on any atom is 0.113 e. The van der Waals surface area contributed by atoms with Crippen LogP contribution in [0.4, 0.5) is 5.69 Å². The summed E-state index contributed by atoms with van der Waals surface area (Å²) in [5, 5.41) is 11.8. The van der Waals surface area contributed by atoms with Gasteiger partial charge in [0.2, 0.25) is 0 Å². The van der Waals surface area contributed by atoms with Crippen molar-refractivity contribution in [3.8, 4) is 6.07 Å². The van der Waals surface area contributed by atoms with Gasteiger partial charge in [-0.25, -0.2) is 0 Å². The third-order valence-corrected chi connectivity index (χ3v) is 2.75. The number of nitrogens with one attached hydrogen (secondary N) is 1. The molecule has 1 unspecified atom stereocenters. The number of hydrogen-bond donors (Lipinski definition) is 1. The fraction of sp³-hybridized carbons (Fsp3) is 0.462. The molecule has 0 radical (unpaired) electrons. The summed E-state index contributed by atoms with van der Waals surface area (Å²) in [6.07, 6.45) is 1.06. The first kappa shape index (κ1) is 12.5. The molecule has 3 nitrogen and oxygen atoms in total. The van der Waals surface area contributed by atoms with Gasteiger partial charge in [-0.05, 0) is 31.2 Å². The largest absolute Gasteiger partial charge is 0.372 e. The van der Waals surface area contributed by atoms with Crippen LogP contribution in [0.3, 0.4) is 0 Å². The number of nitrogens with zero attached hydrogens (tertiary/aromatic N) is 2. The molecule has 0 fully saturated rings. The van der Waals surface area contributed by atoms with Gasteiger partial charge in [0.1, 0.15) is 6.04 Å². The van der Waals surface area contributed by atoms with Gasteiger partial charge in [-0.15, -0.1) is 0 Å². The van der Waals surface area contributed by atoms with Crippen molar-refractivity contribution in [2.75, 3.05) is 25.5 Å². The molecule has 0 bridgehead atoms. The average molecular weight is 217 g/mol. The zero-order valence-corrected chi connectivity index (χ0v) is 10.2. The lowest BCUT2D eigenvalue weighted by Crippen LogP contribution is -2.36. The first-order valence-corrected chi connectivity index (χ1v) is 5.58. The highest BCUT2D eigenvalue weighted by molar-refractivity contribution is 5.47. The molecule has 1 rings (SSSR count). The monoisotopic (exact) mass is 217 g/mol. The Morgan fingerprint density at radius 3 is 2.44 bits per heavy atom. The summed E-state index contributed by atoms with van der Waals surface area (Å²) < 4.78 is 0. The van der Waals surface area contributed by atoms with Gasteiger partial charge >= 0.3 is 0 Å². The molecule has 0 saturated heterocycles. The molecule has 0 aromatic heterocycles. The van der Waals surface area contributed by atoms with Gasteiger partial charge in [0.25, 0.3) is 0 Å². The van der Waals surface area contributed by atoms with Crippen LogP contribution in [-0.4, -0.2) is 26.7 Å². The van der Waals surface area contributed by atoms with Crippen LogP contribution in [0, 0.1) is 11.3 Å². The molecule has 0 aliphatic rings. The fourth-order valence-corrected chi connectivity index (χ4v) is 1.56. The third kappa shape index (κ3) is 3.25. The maximum atomic E-state index is 8.86. The first-order valence-electron chi connectivity index (χ1n) is 5.58. The summed E-state index contributed by atoms with van der Waals surface area (Å²) in [7, 11) is 3.81. The van der Waals surface area contributed by atoms with E-state index < -0.39 is 0 Å². The van der Waals surface area contributed by atoms with Gasteiger partial charge < -0.3 is 10.2 Å². The fourth-order valence-electron chi connectivity index (χ4n) is 1.56. The van der Waals surface area contributed by atoms with Gasteiger partial charge in [-0.2, -0.15) is 5.26 Å². The van der Waals surface area contributed by atoms with E-state index in [0.29, 0.717) is 6.54 Å². The molecule has 1 N–H and O–H groups in total. The predicted octanol–water partition coefficient (Wildman–Crippen LogP) is 1.80. The predicted molar refractivity (Wildman–Crippen MR) is 67.6 cm³/mol. The Morgan fingerprint density at radius 1 is 1.38 bits per heavy atom. The SMILES string of the molecule is CCc1ccc(N(C)CC(C#N)NC)cc1. The summed E-state index contributed by atoms with van der Waals surface area (Å²) in [6.45, 7) is 2.84. The van der Waals surface area contributed by atoms with Gasteiger partial charge in [-0.1, -0.05) is 19.1 Å². The molecule has 0 amide bonds. The van der Waals surface area contributed by atoms with E-state index in [1.165, 1.54) is 5.56 Å². The second-order valence-corrected chi connectivity index (χ2v) is 3.87. The quantitative estimate of drug-likeness (QED) is 0.817. The Morgan fingerprint density at radius 2 is 2.00 bits per heavy atom. The molecule has 0 heterocycles. The Kier molecular flexibility index (Phi) is 4.81. The van der Waals surface area contributed by atoms with Crippen LogP contribution < -0.4 is 10.2 Å². The number of nitriles is 1. The van der Waals surface area contributed by atoms with Crippen LogP contribution in [0.25, 0.3) is 0 Å². The lowest BCUT2D eigenvalue weighted by molar-refractivity contribution is 0.666. The van der Waals surface area contributed by atoms with E-state index in [2.05, 4.69) is 47.5 Å². The van der Waals surface area contributed by atoms with Crippen molar-refractivity contribution < 1.29 is 0 Å². The summed E-state index contributed by atoms with van der Waals surface area (Å²) >= 11 is 0. The lowest BCUT2D eigenvalue weighted by Gasteiger charge is -2.22. The lowest BCUT2D eigenvalue weighted by atomic mass is 10.1. The van der Waals surface area contributed by atoms with Crippen molar-refractivity contribution >= 4 is 5.69 Å². The first-order chi connectivity index (χ1) is 7.71. The summed E-state index contributed by atoms with van der Waals surface area (Å²) in [6, 6.07) is 10.6. The molecule has 0 spiro atoms. The highest BCUT2D eigenvalue weighted by Gasteiger charge is 2.08. The summed E-state index contributed by atoms with van der Waals surface area (Å²) in [5.74, 6) is 0. The van der Waals surface area contributed by atoms with E-state index in [4.69, 9.17) is 5.26 Å². The maximum absolute atomic E-state index is 8.86.